The van der Waals surface area contributed by atoms with Crippen molar-refractivity contribution in [2.45, 2.75) is 32.7 Å². The second kappa shape index (κ2) is 7.32. The Bertz CT molecular complexity index is 280. The van der Waals surface area contributed by atoms with Crippen molar-refractivity contribution in [2.75, 3.05) is 13.2 Å². The van der Waals surface area contributed by atoms with Crippen molar-refractivity contribution in [1.29, 1.82) is 0 Å². The average molecular weight is 207 g/mol. The van der Waals surface area contributed by atoms with Gasteiger partial charge in [-0.05, 0) is 20.3 Å². The molecule has 2 atom stereocenters. The number of ether oxygens (including phenoxy) is 2. The van der Waals surface area contributed by atoms with Gasteiger partial charge in [0.25, 0.3) is 0 Å². The molecule has 0 aromatic carbocycles. The number of aliphatic hydroxyl groups excluding tert-OH is 1. The van der Waals surface area contributed by atoms with Crippen LogP contribution in [0, 0.1) is 0 Å². The van der Waals surface area contributed by atoms with Crippen LogP contribution in [0.2, 0.25) is 0 Å². The fourth-order valence-electron chi connectivity index (χ4n) is 0.639. The number of carbonyl (C=O) groups is 2. The lowest BCUT2D eigenvalue weighted by molar-refractivity contribution is -0.166. The first kappa shape index (κ1) is 8.23. The minimum absolute atomic E-state index is 0.124. The minimum Gasteiger partial charge on any atom is -0.463 e. The summed E-state index contributed by atoms with van der Waals surface area (Å²) in [4.78, 5) is 22.4. The summed E-state index contributed by atoms with van der Waals surface area (Å²) in [6.45, 7) is 1.24. The van der Waals surface area contributed by atoms with E-state index in [9.17, 15) is 9.59 Å². The van der Waals surface area contributed by atoms with Crippen molar-refractivity contribution in [1.82, 2.24) is 0 Å². The summed E-state index contributed by atoms with van der Waals surface area (Å²) in [5, 5.41) is 8.69. The second-order valence-electron chi connectivity index (χ2n) is 2.36. The Balaban J connectivity index is 4.38. The summed E-state index contributed by atoms with van der Waals surface area (Å²) in [5.41, 5.74) is 0. The highest BCUT2D eigenvalue weighted by atomic mass is 16.6. The molecule has 0 aromatic rings. The van der Waals surface area contributed by atoms with Crippen LogP contribution in [0.1, 0.15) is 30.8 Å². The molecule has 0 radical (unpaired) electrons. The Labute approximate surface area is 87.2 Å². The van der Waals surface area contributed by atoms with E-state index in [0.29, 0.717) is 0 Å². The van der Waals surface area contributed by atoms with E-state index in [1.165, 1.54) is 6.92 Å². The lowest BCUT2D eigenvalue weighted by Gasteiger charge is -2.11. The molecule has 0 amide bonds. The third kappa shape index (κ3) is 5.53. The first-order chi connectivity index (χ1) is 7.70. The maximum atomic E-state index is 11.3. The fraction of sp³-hybridized carbons (Fsp3) is 0.778. The number of hydrogen-bond donors (Lipinski definition) is 1. The zero-order chi connectivity index (χ0) is 13.6. The molecule has 1 N–H and O–H groups in total. The zero-order valence-corrected chi connectivity index (χ0v) is 8.15. The van der Waals surface area contributed by atoms with Crippen molar-refractivity contribution < 1.29 is 28.3 Å². The predicted octanol–water partition coefficient (Wildman–Crippen LogP) is 0.254. The van der Waals surface area contributed by atoms with Crippen molar-refractivity contribution in [3.05, 3.63) is 0 Å². The number of rotatable bonds is 6. The molecule has 0 heterocycles. The Morgan fingerprint density at radius 3 is 2.71 bits per heavy atom. The van der Waals surface area contributed by atoms with Gasteiger partial charge in [0.05, 0.1) is 7.98 Å². The van der Waals surface area contributed by atoms with Crippen LogP contribution in [-0.2, 0) is 19.1 Å². The molecular weight excluding hydrogens is 188 g/mol. The van der Waals surface area contributed by atoms with E-state index in [2.05, 4.69) is 9.47 Å². The summed E-state index contributed by atoms with van der Waals surface area (Å²) in [5.74, 6) is -2.08. The molecule has 14 heavy (non-hydrogen) atoms. The molecule has 0 aliphatic carbocycles. The maximum absolute atomic E-state index is 11.3. The van der Waals surface area contributed by atoms with Crippen molar-refractivity contribution >= 4 is 11.9 Å². The quantitative estimate of drug-likeness (QED) is 0.632. The van der Waals surface area contributed by atoms with Crippen LogP contribution in [0.5, 0.6) is 0 Å². The summed E-state index contributed by atoms with van der Waals surface area (Å²) in [6, 6.07) is 0. The van der Waals surface area contributed by atoms with E-state index in [0.717, 1.165) is 0 Å². The molecule has 0 fully saturated rings. The summed E-state index contributed by atoms with van der Waals surface area (Å²) >= 11 is 0. The molecule has 0 aliphatic heterocycles. The molecule has 0 rings (SSSR count). The number of esters is 2. The highest BCUT2D eigenvalue weighted by molar-refractivity contribution is 5.78. The highest BCUT2D eigenvalue weighted by Crippen LogP contribution is 1.99. The first-order valence-corrected chi connectivity index (χ1v) is 4.18. The minimum atomic E-state index is -2.51. The van der Waals surface area contributed by atoms with Gasteiger partial charge in [0.2, 0.25) is 0 Å². The van der Waals surface area contributed by atoms with Gasteiger partial charge in [-0.2, -0.15) is 0 Å². The van der Waals surface area contributed by atoms with Gasteiger partial charge < -0.3 is 14.6 Å². The number of hydrogen-bond acceptors (Lipinski definition) is 5. The number of aliphatic hydroxyl groups is 1. The van der Waals surface area contributed by atoms with Gasteiger partial charge in [0, 0.05) is 15.7 Å². The Morgan fingerprint density at radius 2 is 2.21 bits per heavy atom. The predicted molar refractivity (Wildman–Crippen MR) is 48.5 cm³/mol. The van der Waals surface area contributed by atoms with Gasteiger partial charge in [-0.3, -0.25) is 4.79 Å². The maximum Gasteiger partial charge on any atom is 0.347 e. The third-order valence-corrected chi connectivity index (χ3v) is 1.24. The number of carbonyl (C=O) groups excluding carboxylic acids is 2. The lowest BCUT2D eigenvalue weighted by Crippen LogP contribution is -2.26. The first-order valence-electron chi connectivity index (χ1n) is 5.76. The molecule has 0 bridgehead atoms. The standard InChI is InChI=1S/C9H16O5/c1-3-13-9(12)7(2)14-8(11)5-4-6-10/h7,10H,3-6H2,1-2H3/t7-/m0/s1/i5D2,6D/t6?,7-. The Kier molecular flexibility index (Phi) is 4.30. The Morgan fingerprint density at radius 1 is 1.57 bits per heavy atom. The van der Waals surface area contributed by atoms with Crippen LogP contribution in [0.3, 0.4) is 0 Å². The second-order valence-corrected chi connectivity index (χ2v) is 2.36. The fourth-order valence-corrected chi connectivity index (χ4v) is 0.639. The zero-order valence-electron chi connectivity index (χ0n) is 11.1. The van der Waals surface area contributed by atoms with Crippen molar-refractivity contribution in [2.24, 2.45) is 0 Å². The monoisotopic (exact) mass is 207 g/mol. The van der Waals surface area contributed by atoms with E-state index in [1.54, 1.807) is 6.92 Å². The molecule has 1 unspecified atom stereocenters. The van der Waals surface area contributed by atoms with Crippen LogP contribution >= 0.6 is 0 Å². The highest BCUT2D eigenvalue weighted by Gasteiger charge is 2.18. The van der Waals surface area contributed by atoms with Crippen LogP contribution < -0.4 is 0 Å². The molecule has 0 aromatic heterocycles. The van der Waals surface area contributed by atoms with Crippen LogP contribution in [0.15, 0.2) is 0 Å². The SMILES string of the molecule is [2H]C(O)CC([2H])([2H])C(=O)O[C@@H](C)C(=O)OCC. The Hall–Kier alpha value is -1.10. The van der Waals surface area contributed by atoms with Gasteiger partial charge >= 0.3 is 11.9 Å². The molecule has 82 valence electrons. The van der Waals surface area contributed by atoms with E-state index >= 15 is 0 Å². The van der Waals surface area contributed by atoms with Gasteiger partial charge in [0.15, 0.2) is 6.10 Å². The largest absolute Gasteiger partial charge is 0.463 e. The topological polar surface area (TPSA) is 72.8 Å². The van der Waals surface area contributed by atoms with Gasteiger partial charge in [0.1, 0.15) is 0 Å². The molecule has 0 spiro atoms. The van der Waals surface area contributed by atoms with E-state index < -0.39 is 37.4 Å². The van der Waals surface area contributed by atoms with Gasteiger partial charge in [-0.15, -0.1) is 0 Å². The summed E-state index contributed by atoms with van der Waals surface area (Å²) in [6.07, 6.45) is -4.45. The lowest BCUT2D eigenvalue weighted by atomic mass is 10.3. The van der Waals surface area contributed by atoms with E-state index in [-0.39, 0.29) is 6.61 Å². The smallest absolute Gasteiger partial charge is 0.347 e. The molecule has 5 nitrogen and oxygen atoms in total. The normalized spacial score (nSPS) is 18.4. The molecule has 0 saturated carbocycles. The summed E-state index contributed by atoms with van der Waals surface area (Å²) in [7, 11) is 0. The van der Waals surface area contributed by atoms with Crippen molar-refractivity contribution in [3.8, 4) is 0 Å². The third-order valence-electron chi connectivity index (χ3n) is 1.24. The van der Waals surface area contributed by atoms with Crippen LogP contribution in [0.4, 0.5) is 0 Å². The van der Waals surface area contributed by atoms with Crippen molar-refractivity contribution in [3.63, 3.8) is 0 Å². The average Bonchev–Trinajstić information content (AvgIpc) is 2.15. The van der Waals surface area contributed by atoms with E-state index in [1.807, 2.05) is 0 Å². The van der Waals surface area contributed by atoms with Gasteiger partial charge in [-0.25, -0.2) is 4.79 Å². The molecule has 5 heteroatoms. The van der Waals surface area contributed by atoms with Crippen LogP contribution in [-0.4, -0.2) is 36.3 Å². The molecule has 0 aliphatic rings. The van der Waals surface area contributed by atoms with Gasteiger partial charge in [-0.1, -0.05) is 0 Å². The van der Waals surface area contributed by atoms with E-state index in [4.69, 9.17) is 9.22 Å². The molecular formula is C9H16O5. The summed E-state index contributed by atoms with van der Waals surface area (Å²) < 4.78 is 30.4. The molecule has 0 saturated heterocycles. The van der Waals surface area contributed by atoms with Crippen LogP contribution in [0.25, 0.3) is 0 Å².